The van der Waals surface area contributed by atoms with Crippen molar-refractivity contribution in [1.29, 1.82) is 0 Å². The lowest BCUT2D eigenvalue weighted by Gasteiger charge is -2.18. The minimum Gasteiger partial charge on any atom is -0.462 e. The third-order valence-electron chi connectivity index (χ3n) is 13.7. The fourth-order valence-corrected chi connectivity index (χ4v) is 8.78. The van der Waals surface area contributed by atoms with Crippen LogP contribution in [0.1, 0.15) is 284 Å². The van der Waals surface area contributed by atoms with Crippen molar-refractivity contribution in [2.24, 2.45) is 0 Å². The SMILES string of the molecule is CC/C=C\C/C=C\C/C=C\C/C=C\C/C=C\C/C=C\CCCCCCC(=O)OC(COC(=O)CCCCCCC/C=C\C/C=C\CCCC)COC(=O)CCCCCCCCCCCCC/C=C\C/C=C\C/C=C\C/C=C\C/C=C\CC. The Labute approximate surface area is 505 Å². The van der Waals surface area contributed by atoms with Crippen molar-refractivity contribution in [3.63, 3.8) is 0 Å². The normalized spacial score (nSPS) is 13.2. The number of hydrogen-bond acceptors (Lipinski definition) is 6. The molecule has 6 heteroatoms. The molecular formula is C76H122O6. The molecule has 0 heterocycles. The van der Waals surface area contributed by atoms with Gasteiger partial charge in [-0.3, -0.25) is 14.4 Å². The predicted molar refractivity (Wildman–Crippen MR) is 357 cm³/mol. The van der Waals surface area contributed by atoms with Gasteiger partial charge in [0.15, 0.2) is 6.10 Å². The van der Waals surface area contributed by atoms with Crippen LogP contribution in [0.2, 0.25) is 0 Å². The van der Waals surface area contributed by atoms with E-state index in [0.29, 0.717) is 12.8 Å². The highest BCUT2D eigenvalue weighted by atomic mass is 16.6. The zero-order chi connectivity index (χ0) is 59.2. The molecule has 0 rings (SSSR count). The van der Waals surface area contributed by atoms with E-state index in [1.165, 1.54) is 77.0 Å². The molecule has 0 aliphatic carbocycles. The van der Waals surface area contributed by atoms with Crippen LogP contribution in [-0.4, -0.2) is 37.2 Å². The van der Waals surface area contributed by atoms with Crippen LogP contribution < -0.4 is 0 Å². The summed E-state index contributed by atoms with van der Waals surface area (Å²) in [5.74, 6) is -0.942. The summed E-state index contributed by atoms with van der Waals surface area (Å²) >= 11 is 0. The maximum atomic E-state index is 12.9. The van der Waals surface area contributed by atoms with E-state index in [1.807, 2.05) is 0 Å². The molecule has 1 unspecified atom stereocenters. The fraction of sp³-hybridized carbons (Fsp3) is 0.618. The molecule has 0 aromatic heterocycles. The van der Waals surface area contributed by atoms with Crippen LogP contribution in [0.5, 0.6) is 0 Å². The number of ether oxygens (including phenoxy) is 3. The lowest BCUT2D eigenvalue weighted by molar-refractivity contribution is -0.167. The number of unbranched alkanes of at least 4 members (excludes halogenated alkanes) is 22. The van der Waals surface area contributed by atoms with Gasteiger partial charge in [-0.15, -0.1) is 0 Å². The lowest BCUT2D eigenvalue weighted by Crippen LogP contribution is -2.30. The summed E-state index contributed by atoms with van der Waals surface area (Å²) < 4.78 is 16.9. The van der Waals surface area contributed by atoms with Crippen molar-refractivity contribution < 1.29 is 28.6 Å². The summed E-state index contributed by atoms with van der Waals surface area (Å²) in [6, 6.07) is 0. The maximum Gasteiger partial charge on any atom is 0.306 e. The summed E-state index contributed by atoms with van der Waals surface area (Å²) in [7, 11) is 0. The first kappa shape index (κ1) is 77.0. The minimum absolute atomic E-state index is 0.100. The standard InChI is InChI=1S/C76H122O6/c1-4-7-10-13-16-19-22-25-28-30-32-34-36-37-38-39-41-42-44-46-48-51-54-57-60-63-66-69-75(78)81-72-73(71-80-74(77)68-65-62-59-56-53-50-27-24-21-18-15-12-9-6-3)82-76(79)70-67-64-61-58-55-52-49-47-45-43-40-35-33-31-29-26-23-20-17-14-11-8-5-2/h7-8,10-11,15-20,24-29,32-35,37-38,43,45,49,52,73H,4-6,9,12-14,21-23,30-31,36,39-42,44,46-48,50-51,53-72H2,1-3H3/b10-7-,11-8-,18-15-,19-16-,20-17-,27-24-,28-25-,29-26-,34-32-,35-33-,38-37-,45-43-,52-49-. The molecule has 82 heavy (non-hydrogen) atoms. The Kier molecular flexibility index (Phi) is 64.4. The summed E-state index contributed by atoms with van der Waals surface area (Å²) in [5, 5.41) is 0. The van der Waals surface area contributed by atoms with Crippen LogP contribution in [-0.2, 0) is 28.6 Å². The Morgan fingerprint density at radius 3 is 0.744 bits per heavy atom. The predicted octanol–water partition coefficient (Wildman–Crippen LogP) is 23.3. The molecule has 0 spiro atoms. The van der Waals surface area contributed by atoms with E-state index in [4.69, 9.17) is 14.2 Å². The Bertz CT molecular complexity index is 1830. The van der Waals surface area contributed by atoms with Crippen molar-refractivity contribution in [1.82, 2.24) is 0 Å². The van der Waals surface area contributed by atoms with E-state index in [-0.39, 0.29) is 37.5 Å². The third kappa shape index (κ3) is 65.8. The van der Waals surface area contributed by atoms with E-state index < -0.39 is 6.10 Å². The molecule has 0 saturated heterocycles. The molecular weight excluding hydrogens is 1010 g/mol. The van der Waals surface area contributed by atoms with E-state index >= 15 is 0 Å². The summed E-state index contributed by atoms with van der Waals surface area (Å²) in [4.78, 5) is 38.4. The molecule has 0 aliphatic heterocycles. The van der Waals surface area contributed by atoms with Crippen LogP contribution in [0.15, 0.2) is 158 Å². The largest absolute Gasteiger partial charge is 0.462 e. The monoisotopic (exact) mass is 1130 g/mol. The van der Waals surface area contributed by atoms with E-state index in [2.05, 4.69) is 179 Å². The number of rotatable bonds is 59. The molecule has 0 bridgehead atoms. The topological polar surface area (TPSA) is 78.9 Å². The molecule has 0 N–H and O–H groups in total. The molecule has 0 amide bonds. The van der Waals surface area contributed by atoms with Gasteiger partial charge in [-0.1, -0.05) is 281 Å². The highest BCUT2D eigenvalue weighted by Crippen LogP contribution is 2.15. The van der Waals surface area contributed by atoms with Gasteiger partial charge in [0.2, 0.25) is 0 Å². The van der Waals surface area contributed by atoms with Crippen LogP contribution in [0.4, 0.5) is 0 Å². The molecule has 1 atom stereocenters. The first-order chi connectivity index (χ1) is 40.5. The number of allylic oxidation sites excluding steroid dienone is 26. The zero-order valence-corrected chi connectivity index (χ0v) is 52.9. The first-order valence-corrected chi connectivity index (χ1v) is 33.5. The lowest BCUT2D eigenvalue weighted by atomic mass is 10.0. The summed E-state index contributed by atoms with van der Waals surface area (Å²) in [5.41, 5.74) is 0. The highest BCUT2D eigenvalue weighted by Gasteiger charge is 2.19. The van der Waals surface area contributed by atoms with Crippen LogP contribution in [0, 0.1) is 0 Å². The first-order valence-electron chi connectivity index (χ1n) is 33.5. The molecule has 0 aromatic rings. The quantitative estimate of drug-likeness (QED) is 0.0261. The average molecular weight is 1130 g/mol. The number of hydrogen-bond donors (Lipinski definition) is 0. The molecule has 0 radical (unpaired) electrons. The van der Waals surface area contributed by atoms with E-state index in [1.54, 1.807) is 0 Å². The van der Waals surface area contributed by atoms with Gasteiger partial charge >= 0.3 is 17.9 Å². The zero-order valence-electron chi connectivity index (χ0n) is 52.9. The van der Waals surface area contributed by atoms with Gasteiger partial charge in [0.05, 0.1) is 0 Å². The molecule has 0 aliphatic rings. The molecule has 0 aromatic carbocycles. The Morgan fingerprint density at radius 1 is 0.256 bits per heavy atom. The number of esters is 3. The Morgan fingerprint density at radius 2 is 0.476 bits per heavy atom. The third-order valence-corrected chi connectivity index (χ3v) is 13.7. The Balaban J connectivity index is 4.42. The van der Waals surface area contributed by atoms with Crippen molar-refractivity contribution >= 4 is 17.9 Å². The van der Waals surface area contributed by atoms with Gasteiger partial charge < -0.3 is 14.2 Å². The van der Waals surface area contributed by atoms with E-state index in [0.717, 1.165) is 167 Å². The minimum atomic E-state index is -0.808. The van der Waals surface area contributed by atoms with Crippen LogP contribution in [0.25, 0.3) is 0 Å². The van der Waals surface area contributed by atoms with Crippen LogP contribution in [0.3, 0.4) is 0 Å². The molecule has 0 saturated carbocycles. The van der Waals surface area contributed by atoms with Gasteiger partial charge in [-0.25, -0.2) is 0 Å². The second-order valence-electron chi connectivity index (χ2n) is 21.6. The molecule has 0 fully saturated rings. The molecule has 462 valence electrons. The van der Waals surface area contributed by atoms with Gasteiger partial charge in [0, 0.05) is 19.3 Å². The Hall–Kier alpha value is -4.97. The van der Waals surface area contributed by atoms with Gasteiger partial charge in [-0.2, -0.15) is 0 Å². The van der Waals surface area contributed by atoms with Crippen molar-refractivity contribution in [3.8, 4) is 0 Å². The maximum absolute atomic E-state index is 12.9. The van der Waals surface area contributed by atoms with Gasteiger partial charge in [-0.05, 0) is 141 Å². The number of carbonyl (C=O) groups excluding carboxylic acids is 3. The summed E-state index contributed by atoms with van der Waals surface area (Å²) in [6.45, 7) is 6.34. The van der Waals surface area contributed by atoms with Crippen molar-refractivity contribution in [2.45, 2.75) is 290 Å². The average Bonchev–Trinajstić information content (AvgIpc) is 3.47. The van der Waals surface area contributed by atoms with Crippen molar-refractivity contribution in [2.75, 3.05) is 13.2 Å². The van der Waals surface area contributed by atoms with Crippen molar-refractivity contribution in [3.05, 3.63) is 158 Å². The highest BCUT2D eigenvalue weighted by molar-refractivity contribution is 5.71. The van der Waals surface area contributed by atoms with Gasteiger partial charge in [0.1, 0.15) is 13.2 Å². The number of carbonyl (C=O) groups is 3. The second-order valence-corrected chi connectivity index (χ2v) is 21.6. The van der Waals surface area contributed by atoms with Crippen LogP contribution >= 0.6 is 0 Å². The fourth-order valence-electron chi connectivity index (χ4n) is 8.78. The molecule has 6 nitrogen and oxygen atoms in total. The smallest absolute Gasteiger partial charge is 0.306 e. The summed E-state index contributed by atoms with van der Waals surface area (Å²) in [6.07, 6.45) is 99.6. The van der Waals surface area contributed by atoms with E-state index in [9.17, 15) is 14.4 Å². The second kappa shape index (κ2) is 68.5. The van der Waals surface area contributed by atoms with Gasteiger partial charge in [0.25, 0.3) is 0 Å².